The van der Waals surface area contributed by atoms with Crippen LogP contribution in [-0.4, -0.2) is 29.0 Å². The number of benzene rings is 1. The number of anilines is 1. The first-order valence-electron chi connectivity index (χ1n) is 11.8. The largest absolute Gasteiger partial charge is 0.405 e. The number of amides is 1. The Balaban J connectivity index is 0.000000813. The number of carbonyl (C=O) groups is 2. The molecule has 0 saturated heterocycles. The van der Waals surface area contributed by atoms with Gasteiger partial charge in [-0.1, -0.05) is 57.2 Å². The van der Waals surface area contributed by atoms with Crippen molar-refractivity contribution in [3.05, 3.63) is 84.9 Å². The summed E-state index contributed by atoms with van der Waals surface area (Å²) in [7, 11) is 1.88. The molecule has 0 bridgehead atoms. The summed E-state index contributed by atoms with van der Waals surface area (Å²) in [6, 6.07) is 5.70. The van der Waals surface area contributed by atoms with Crippen LogP contribution in [0.5, 0.6) is 0 Å². The van der Waals surface area contributed by atoms with Gasteiger partial charge in [-0.3, -0.25) is 9.48 Å². The van der Waals surface area contributed by atoms with E-state index in [0.717, 1.165) is 34.9 Å². The number of nitrogens with two attached hydrogens (primary N) is 1. The summed E-state index contributed by atoms with van der Waals surface area (Å²) < 4.78 is 1.88. The average molecular weight is 480 g/mol. The summed E-state index contributed by atoms with van der Waals surface area (Å²) in [5, 5.41) is 11.1. The Labute approximate surface area is 210 Å². The zero-order valence-corrected chi connectivity index (χ0v) is 21.9. The summed E-state index contributed by atoms with van der Waals surface area (Å²) >= 11 is 0. The van der Waals surface area contributed by atoms with Crippen LogP contribution < -0.4 is 16.4 Å². The lowest BCUT2D eigenvalue weighted by Gasteiger charge is -2.07. The van der Waals surface area contributed by atoms with Crippen molar-refractivity contribution in [3.63, 3.8) is 0 Å². The van der Waals surface area contributed by atoms with E-state index in [1.807, 2.05) is 100 Å². The van der Waals surface area contributed by atoms with E-state index in [9.17, 15) is 9.59 Å². The van der Waals surface area contributed by atoms with Crippen molar-refractivity contribution in [2.24, 2.45) is 11.7 Å². The molecule has 0 aliphatic rings. The summed E-state index contributed by atoms with van der Waals surface area (Å²) in [5.74, 6) is -0.207. The molecule has 1 aromatic heterocycles. The Hall–Kier alpha value is -3.87. The van der Waals surface area contributed by atoms with Gasteiger partial charge < -0.3 is 21.2 Å². The van der Waals surface area contributed by atoms with Crippen LogP contribution in [0, 0.1) is 5.92 Å². The molecule has 0 fully saturated rings. The van der Waals surface area contributed by atoms with E-state index in [1.54, 1.807) is 12.3 Å². The fourth-order valence-electron chi connectivity index (χ4n) is 2.70. The van der Waals surface area contributed by atoms with Gasteiger partial charge in [0.15, 0.2) is 0 Å². The minimum Gasteiger partial charge on any atom is -0.405 e. The predicted molar refractivity (Wildman–Crippen MR) is 149 cm³/mol. The lowest BCUT2D eigenvalue weighted by Crippen LogP contribution is -2.06. The van der Waals surface area contributed by atoms with Crippen molar-refractivity contribution >= 4 is 28.8 Å². The first kappa shape index (κ1) is 31.1. The maximum atomic E-state index is 11.2. The Bertz CT molecular complexity index is 1030. The minimum absolute atomic E-state index is 0.102. The van der Waals surface area contributed by atoms with Crippen molar-refractivity contribution in [1.82, 2.24) is 15.1 Å². The van der Waals surface area contributed by atoms with E-state index in [1.165, 1.54) is 13.1 Å². The second kappa shape index (κ2) is 19.6. The zero-order valence-electron chi connectivity index (χ0n) is 21.9. The molecule has 7 heteroatoms. The summed E-state index contributed by atoms with van der Waals surface area (Å²) in [4.78, 5) is 21.9. The first-order valence-corrected chi connectivity index (χ1v) is 11.8. The number of nitrogens with one attached hydrogen (secondary N) is 2. The molecule has 35 heavy (non-hydrogen) atoms. The molecular formula is C28H41N5O2. The van der Waals surface area contributed by atoms with Crippen LogP contribution >= 0.6 is 0 Å². The number of aldehydes is 1. The predicted octanol–water partition coefficient (Wildman–Crippen LogP) is 5.50. The van der Waals surface area contributed by atoms with Gasteiger partial charge in [0.2, 0.25) is 5.91 Å². The van der Waals surface area contributed by atoms with Crippen molar-refractivity contribution < 1.29 is 9.59 Å². The lowest BCUT2D eigenvalue weighted by atomic mass is 10.1. The van der Waals surface area contributed by atoms with Gasteiger partial charge >= 0.3 is 0 Å². The smallest absolute Gasteiger partial charge is 0.221 e. The number of rotatable bonds is 10. The number of allylic oxidation sites excluding steroid dienone is 8. The Morgan fingerprint density at radius 2 is 1.97 bits per heavy atom. The Morgan fingerprint density at radius 3 is 2.57 bits per heavy atom. The highest BCUT2D eigenvalue weighted by atomic mass is 16.1. The second-order valence-electron chi connectivity index (χ2n) is 7.21. The molecule has 0 aliphatic heterocycles. The van der Waals surface area contributed by atoms with Gasteiger partial charge in [0.25, 0.3) is 0 Å². The number of hydrogen-bond acceptors (Lipinski definition) is 5. The second-order valence-corrected chi connectivity index (χ2v) is 7.21. The van der Waals surface area contributed by atoms with E-state index in [2.05, 4.69) is 15.7 Å². The highest BCUT2D eigenvalue weighted by molar-refractivity contribution is 5.92. The normalized spacial score (nSPS) is 12.5. The van der Waals surface area contributed by atoms with Crippen molar-refractivity contribution in [2.75, 3.05) is 12.4 Å². The molecule has 1 atom stereocenters. The molecule has 2 aromatic rings. The molecular weight excluding hydrogens is 438 g/mol. The quantitative estimate of drug-likeness (QED) is 0.309. The molecule has 7 nitrogen and oxygen atoms in total. The number of hydrogen-bond donors (Lipinski definition) is 3. The van der Waals surface area contributed by atoms with Gasteiger partial charge in [-0.15, -0.1) is 0 Å². The highest BCUT2D eigenvalue weighted by Crippen LogP contribution is 2.20. The maximum absolute atomic E-state index is 11.2. The number of fused-ring (bicyclic) bond motifs is 1. The van der Waals surface area contributed by atoms with Crippen molar-refractivity contribution in [1.29, 1.82) is 0 Å². The van der Waals surface area contributed by atoms with Gasteiger partial charge in [-0.25, -0.2) is 0 Å². The third-order valence-corrected chi connectivity index (χ3v) is 4.41. The molecule has 0 saturated carbocycles. The number of aromatic nitrogens is 2. The monoisotopic (exact) mass is 479 g/mol. The van der Waals surface area contributed by atoms with Crippen LogP contribution in [0.3, 0.4) is 0 Å². The summed E-state index contributed by atoms with van der Waals surface area (Å²) in [6.45, 7) is 9.89. The molecule has 0 aliphatic carbocycles. The standard InChI is InChI=1S/C18H21N3O2.C8H14N2.C2H6/c1-4-15(6-5-13(2)12-22)11-21-18-9-17(20-14(3)23)8-7-16(18)10-19-21;1-10-8-6-4-2-3-5-7-9;1-2/h4-10,12-13H,11H2,1-3H3,(H,20,23);2-3,5-8,10H,4,9H2,1H3;1-2H3/b6-5-,15-4+;3-2?,7-5+,8-6+;. The first-order chi connectivity index (χ1) is 16.9. The molecule has 190 valence electrons. The van der Waals surface area contributed by atoms with Gasteiger partial charge in [0, 0.05) is 31.0 Å². The molecule has 1 amide bonds. The summed E-state index contributed by atoms with van der Waals surface area (Å²) in [6.07, 6.45) is 20.6. The topological polar surface area (TPSA) is 102 Å². The van der Waals surface area contributed by atoms with Crippen LogP contribution in [0.4, 0.5) is 5.69 Å². The van der Waals surface area contributed by atoms with E-state index >= 15 is 0 Å². The molecule has 1 heterocycles. The maximum Gasteiger partial charge on any atom is 0.221 e. The SMILES string of the molecule is C/C=C(\C=C/C(C)C=O)Cn1ncc2ccc(NC(C)=O)cc21.CC.CN/C=C/CC=C/C=C/N. The Morgan fingerprint density at radius 1 is 1.23 bits per heavy atom. The van der Waals surface area contributed by atoms with E-state index in [4.69, 9.17) is 5.73 Å². The third-order valence-electron chi connectivity index (χ3n) is 4.41. The molecule has 0 spiro atoms. The minimum atomic E-state index is -0.106. The van der Waals surface area contributed by atoms with Crippen LogP contribution in [0.1, 0.15) is 41.0 Å². The molecule has 0 radical (unpaired) electrons. The molecule has 1 aromatic carbocycles. The number of nitrogens with zero attached hydrogens (tertiary/aromatic N) is 2. The van der Waals surface area contributed by atoms with Crippen molar-refractivity contribution in [2.45, 2.75) is 47.6 Å². The third kappa shape index (κ3) is 13.4. The molecule has 2 rings (SSSR count). The van der Waals surface area contributed by atoms with Gasteiger partial charge in [0.05, 0.1) is 18.3 Å². The fourth-order valence-corrected chi connectivity index (χ4v) is 2.70. The van der Waals surface area contributed by atoms with E-state index < -0.39 is 0 Å². The highest BCUT2D eigenvalue weighted by Gasteiger charge is 2.06. The zero-order chi connectivity index (χ0) is 26.5. The molecule has 1 unspecified atom stereocenters. The van der Waals surface area contributed by atoms with E-state index in [0.29, 0.717) is 6.54 Å². The van der Waals surface area contributed by atoms with Gasteiger partial charge in [0.1, 0.15) is 6.29 Å². The van der Waals surface area contributed by atoms with Crippen LogP contribution in [0.25, 0.3) is 10.9 Å². The fraction of sp³-hybridized carbons (Fsp3) is 0.321. The van der Waals surface area contributed by atoms with E-state index in [-0.39, 0.29) is 11.8 Å². The Kier molecular flexibility index (Phi) is 17.4. The van der Waals surface area contributed by atoms with Gasteiger partial charge in [-0.05, 0) is 55.6 Å². The average Bonchev–Trinajstić information content (AvgIpc) is 3.26. The van der Waals surface area contributed by atoms with Crippen molar-refractivity contribution in [3.8, 4) is 0 Å². The lowest BCUT2D eigenvalue weighted by molar-refractivity contribution is -0.114. The van der Waals surface area contributed by atoms with Crippen LogP contribution in [0.2, 0.25) is 0 Å². The van der Waals surface area contributed by atoms with Crippen LogP contribution in [0.15, 0.2) is 84.9 Å². The van der Waals surface area contributed by atoms with Crippen LogP contribution in [-0.2, 0) is 16.1 Å². The van der Waals surface area contributed by atoms with Gasteiger partial charge in [-0.2, -0.15) is 5.10 Å². The number of carbonyl (C=O) groups excluding carboxylic acids is 2. The molecule has 4 N–H and O–H groups in total. The summed E-state index contributed by atoms with van der Waals surface area (Å²) in [5.41, 5.74) is 7.87.